The van der Waals surface area contributed by atoms with Crippen LogP contribution in [-0.4, -0.2) is 36.1 Å². The third kappa shape index (κ3) is 6.20. The van der Waals surface area contributed by atoms with Crippen molar-refractivity contribution >= 4 is 23.3 Å². The van der Waals surface area contributed by atoms with Crippen molar-refractivity contribution in [2.75, 3.05) is 18.5 Å². The number of amides is 1. The summed E-state index contributed by atoms with van der Waals surface area (Å²) in [5.41, 5.74) is 0.275. The van der Waals surface area contributed by atoms with E-state index in [0.29, 0.717) is 24.7 Å². The number of nitro benzene ring substituents is 1. The molecule has 0 aliphatic rings. The van der Waals surface area contributed by atoms with E-state index in [4.69, 9.17) is 14.2 Å². The van der Waals surface area contributed by atoms with Crippen LogP contribution in [0.2, 0.25) is 0 Å². The SMILES string of the molecule is CCCOc1ccc(C(=O)OC(C)C(=O)Nc2cccc([N+](=O)[O-])c2)cc1OCC. The Kier molecular flexibility index (Phi) is 8.16. The van der Waals surface area contributed by atoms with Gasteiger partial charge in [-0.1, -0.05) is 13.0 Å². The van der Waals surface area contributed by atoms with Crippen molar-refractivity contribution in [2.24, 2.45) is 0 Å². The second-order valence-electron chi connectivity index (χ2n) is 6.29. The van der Waals surface area contributed by atoms with Gasteiger partial charge in [-0.15, -0.1) is 0 Å². The van der Waals surface area contributed by atoms with Gasteiger partial charge in [0.05, 0.1) is 23.7 Å². The number of anilines is 1. The van der Waals surface area contributed by atoms with Gasteiger partial charge in [0.15, 0.2) is 17.6 Å². The second-order valence-corrected chi connectivity index (χ2v) is 6.29. The molecule has 2 aromatic carbocycles. The minimum absolute atomic E-state index is 0.161. The predicted molar refractivity (Wildman–Crippen MR) is 110 cm³/mol. The van der Waals surface area contributed by atoms with Gasteiger partial charge in [0, 0.05) is 17.8 Å². The van der Waals surface area contributed by atoms with Crippen LogP contribution in [0.5, 0.6) is 11.5 Å². The van der Waals surface area contributed by atoms with Crippen LogP contribution in [0, 0.1) is 10.1 Å². The molecular formula is C21H24N2O7. The number of hydrogen-bond donors (Lipinski definition) is 1. The number of hydrogen-bond acceptors (Lipinski definition) is 7. The first-order chi connectivity index (χ1) is 14.3. The number of ether oxygens (including phenoxy) is 3. The van der Waals surface area contributed by atoms with Gasteiger partial charge in [-0.2, -0.15) is 0 Å². The van der Waals surface area contributed by atoms with Crippen molar-refractivity contribution < 1.29 is 28.7 Å². The highest BCUT2D eigenvalue weighted by molar-refractivity contribution is 5.97. The Morgan fingerprint density at radius 1 is 1.10 bits per heavy atom. The highest BCUT2D eigenvalue weighted by atomic mass is 16.6. The molecule has 1 amide bonds. The summed E-state index contributed by atoms with van der Waals surface area (Å²) in [5.74, 6) is -0.391. The molecule has 1 N–H and O–H groups in total. The van der Waals surface area contributed by atoms with Crippen LogP contribution in [0.1, 0.15) is 37.6 Å². The molecule has 0 saturated carbocycles. The van der Waals surface area contributed by atoms with E-state index in [-0.39, 0.29) is 16.9 Å². The summed E-state index contributed by atoms with van der Waals surface area (Å²) in [6, 6.07) is 10.1. The molecular weight excluding hydrogens is 392 g/mol. The smallest absolute Gasteiger partial charge is 0.339 e. The molecule has 0 heterocycles. The third-order valence-corrected chi connectivity index (χ3v) is 3.92. The summed E-state index contributed by atoms with van der Waals surface area (Å²) in [5, 5.41) is 13.3. The Morgan fingerprint density at radius 3 is 2.53 bits per heavy atom. The van der Waals surface area contributed by atoms with Gasteiger partial charge < -0.3 is 19.5 Å². The van der Waals surface area contributed by atoms with Crippen LogP contribution in [0.3, 0.4) is 0 Å². The Morgan fingerprint density at radius 2 is 1.87 bits per heavy atom. The van der Waals surface area contributed by atoms with Crippen molar-refractivity contribution in [3.8, 4) is 11.5 Å². The Bertz CT molecular complexity index is 914. The van der Waals surface area contributed by atoms with Crippen LogP contribution >= 0.6 is 0 Å². The molecule has 0 radical (unpaired) electrons. The summed E-state index contributed by atoms with van der Waals surface area (Å²) in [6.07, 6.45) is -0.296. The molecule has 0 saturated heterocycles. The monoisotopic (exact) mass is 416 g/mol. The molecule has 0 aromatic heterocycles. The summed E-state index contributed by atoms with van der Waals surface area (Å²) in [6.45, 7) is 6.11. The van der Waals surface area contributed by atoms with E-state index in [1.54, 1.807) is 6.07 Å². The summed E-state index contributed by atoms with van der Waals surface area (Å²) in [7, 11) is 0. The molecule has 30 heavy (non-hydrogen) atoms. The Hall–Kier alpha value is -3.62. The van der Waals surface area contributed by atoms with E-state index in [0.717, 1.165) is 6.42 Å². The lowest BCUT2D eigenvalue weighted by Gasteiger charge is -2.15. The largest absolute Gasteiger partial charge is 0.490 e. The minimum Gasteiger partial charge on any atom is -0.490 e. The van der Waals surface area contributed by atoms with Crippen molar-refractivity contribution in [3.63, 3.8) is 0 Å². The molecule has 0 aliphatic heterocycles. The second kappa shape index (κ2) is 10.8. The molecule has 0 aliphatic carbocycles. The number of esters is 1. The number of carbonyl (C=O) groups excluding carboxylic acids is 2. The first kappa shape index (κ1) is 22.7. The number of non-ortho nitro benzene ring substituents is 1. The Labute approximate surface area is 174 Å². The van der Waals surface area contributed by atoms with E-state index in [1.165, 1.54) is 43.3 Å². The normalized spacial score (nSPS) is 11.3. The lowest BCUT2D eigenvalue weighted by atomic mass is 10.2. The molecule has 1 atom stereocenters. The van der Waals surface area contributed by atoms with Crippen LogP contribution in [-0.2, 0) is 9.53 Å². The maximum Gasteiger partial charge on any atom is 0.339 e. The van der Waals surface area contributed by atoms with Crippen LogP contribution < -0.4 is 14.8 Å². The van der Waals surface area contributed by atoms with Gasteiger partial charge in [-0.25, -0.2) is 4.79 Å². The fourth-order valence-corrected chi connectivity index (χ4v) is 2.46. The number of nitro groups is 1. The van der Waals surface area contributed by atoms with Crippen LogP contribution in [0.15, 0.2) is 42.5 Å². The topological polar surface area (TPSA) is 117 Å². The van der Waals surface area contributed by atoms with Gasteiger partial charge in [0.25, 0.3) is 11.6 Å². The molecule has 1 unspecified atom stereocenters. The van der Waals surface area contributed by atoms with E-state index >= 15 is 0 Å². The van der Waals surface area contributed by atoms with E-state index in [9.17, 15) is 19.7 Å². The lowest BCUT2D eigenvalue weighted by molar-refractivity contribution is -0.384. The molecule has 2 aromatic rings. The number of carbonyl (C=O) groups is 2. The number of nitrogens with zero attached hydrogens (tertiary/aromatic N) is 1. The van der Waals surface area contributed by atoms with Crippen molar-refractivity contribution in [2.45, 2.75) is 33.3 Å². The van der Waals surface area contributed by atoms with E-state index < -0.39 is 22.9 Å². The molecule has 0 bridgehead atoms. The minimum atomic E-state index is -1.12. The van der Waals surface area contributed by atoms with Gasteiger partial charge in [0.2, 0.25) is 0 Å². The quantitative estimate of drug-likeness (QED) is 0.354. The van der Waals surface area contributed by atoms with Crippen LogP contribution in [0.25, 0.3) is 0 Å². The number of nitrogens with one attached hydrogen (secondary N) is 1. The zero-order valence-electron chi connectivity index (χ0n) is 17.0. The van der Waals surface area contributed by atoms with Crippen LogP contribution in [0.4, 0.5) is 11.4 Å². The fourth-order valence-electron chi connectivity index (χ4n) is 2.46. The van der Waals surface area contributed by atoms with Gasteiger partial charge in [-0.3, -0.25) is 14.9 Å². The first-order valence-corrected chi connectivity index (χ1v) is 9.51. The zero-order chi connectivity index (χ0) is 22.1. The van der Waals surface area contributed by atoms with Gasteiger partial charge in [0.1, 0.15) is 0 Å². The molecule has 160 valence electrons. The molecule has 0 spiro atoms. The van der Waals surface area contributed by atoms with Crippen molar-refractivity contribution in [1.29, 1.82) is 0 Å². The standard InChI is InChI=1S/C21H24N2O7/c1-4-11-29-18-10-9-15(12-19(18)28-5-2)21(25)30-14(3)20(24)22-16-7-6-8-17(13-16)23(26)27/h6-10,12-14H,4-5,11H2,1-3H3,(H,22,24). The molecule has 0 fully saturated rings. The van der Waals surface area contributed by atoms with Gasteiger partial charge >= 0.3 is 5.97 Å². The zero-order valence-corrected chi connectivity index (χ0v) is 17.0. The highest BCUT2D eigenvalue weighted by Gasteiger charge is 2.21. The molecule has 2 rings (SSSR count). The fraction of sp³-hybridized carbons (Fsp3) is 0.333. The summed E-state index contributed by atoms with van der Waals surface area (Å²) < 4.78 is 16.3. The summed E-state index contributed by atoms with van der Waals surface area (Å²) in [4.78, 5) is 35.0. The van der Waals surface area contributed by atoms with Crippen molar-refractivity contribution in [3.05, 3.63) is 58.1 Å². The maximum atomic E-state index is 12.4. The highest BCUT2D eigenvalue weighted by Crippen LogP contribution is 2.29. The summed E-state index contributed by atoms with van der Waals surface area (Å²) >= 11 is 0. The first-order valence-electron chi connectivity index (χ1n) is 9.51. The van der Waals surface area contributed by atoms with E-state index in [2.05, 4.69) is 5.32 Å². The van der Waals surface area contributed by atoms with Crippen molar-refractivity contribution in [1.82, 2.24) is 0 Å². The average Bonchev–Trinajstić information content (AvgIpc) is 2.73. The lowest BCUT2D eigenvalue weighted by Crippen LogP contribution is -2.30. The average molecular weight is 416 g/mol. The number of benzene rings is 2. The van der Waals surface area contributed by atoms with Gasteiger partial charge in [-0.05, 0) is 44.5 Å². The predicted octanol–water partition coefficient (Wildman–Crippen LogP) is 3.97. The number of rotatable bonds is 10. The molecule has 9 heteroatoms. The Balaban J connectivity index is 2.05. The maximum absolute atomic E-state index is 12.4. The van der Waals surface area contributed by atoms with E-state index in [1.807, 2.05) is 13.8 Å². The molecule has 9 nitrogen and oxygen atoms in total. The third-order valence-electron chi connectivity index (χ3n) is 3.92.